The molecule has 1 aromatic carbocycles. The van der Waals surface area contributed by atoms with Crippen LogP contribution in [0.4, 0.5) is 0 Å². The van der Waals surface area contributed by atoms with Gasteiger partial charge in [-0.2, -0.15) is 0 Å². The van der Waals surface area contributed by atoms with Crippen molar-refractivity contribution in [3.63, 3.8) is 0 Å². The van der Waals surface area contributed by atoms with Crippen molar-refractivity contribution in [2.24, 2.45) is 11.1 Å². The first-order valence-corrected chi connectivity index (χ1v) is 10.0. The van der Waals surface area contributed by atoms with Crippen LogP contribution in [0.5, 0.6) is 5.88 Å². The summed E-state index contributed by atoms with van der Waals surface area (Å²) in [6.45, 7) is 3.50. The van der Waals surface area contributed by atoms with Crippen LogP contribution in [-0.4, -0.2) is 22.1 Å². The van der Waals surface area contributed by atoms with Crippen molar-refractivity contribution in [3.8, 4) is 18.2 Å². The molecule has 0 aliphatic heterocycles. The van der Waals surface area contributed by atoms with Crippen molar-refractivity contribution in [2.45, 2.75) is 18.8 Å². The van der Waals surface area contributed by atoms with E-state index >= 15 is 0 Å². The molecule has 0 fully saturated rings. The fourth-order valence-corrected chi connectivity index (χ4v) is 4.27. The highest BCUT2D eigenvalue weighted by atomic mass is 127. The molecule has 0 aliphatic rings. The molecule has 24 heavy (non-hydrogen) atoms. The standard InChI is InChI=1S/C17H16BrIN2O2S/c1-5-16(2,3)17(24-4,15(20)22)23-14-12(19)9-10-7-6-8-11(18)13(10)21-14/h1,6-9H,2-4H3,(H2,20,22). The number of ether oxygens (including phenoxy) is 1. The van der Waals surface area contributed by atoms with Gasteiger partial charge in [0.25, 0.3) is 5.91 Å². The van der Waals surface area contributed by atoms with Gasteiger partial charge in [-0.1, -0.05) is 18.1 Å². The minimum atomic E-state index is -1.43. The average molecular weight is 519 g/mol. The van der Waals surface area contributed by atoms with Crippen LogP contribution >= 0.6 is 50.3 Å². The molecule has 1 amide bonds. The summed E-state index contributed by atoms with van der Waals surface area (Å²) in [5.41, 5.74) is 5.48. The molecule has 0 saturated carbocycles. The summed E-state index contributed by atoms with van der Waals surface area (Å²) in [4.78, 5) is 15.4. The molecule has 1 heterocycles. The zero-order valence-electron chi connectivity index (χ0n) is 13.4. The first kappa shape index (κ1) is 19.3. The monoisotopic (exact) mass is 518 g/mol. The van der Waals surface area contributed by atoms with Crippen molar-refractivity contribution in [2.75, 3.05) is 6.26 Å². The van der Waals surface area contributed by atoms with Crippen LogP contribution in [0, 0.1) is 21.3 Å². The quantitative estimate of drug-likeness (QED) is 0.366. The summed E-state index contributed by atoms with van der Waals surface area (Å²) in [5.74, 6) is 2.31. The van der Waals surface area contributed by atoms with Crippen LogP contribution in [0.2, 0.25) is 0 Å². The highest BCUT2D eigenvalue weighted by molar-refractivity contribution is 14.1. The first-order valence-electron chi connectivity index (χ1n) is 6.95. The second kappa shape index (κ2) is 7.10. The number of rotatable bonds is 5. The molecule has 0 spiro atoms. The lowest BCUT2D eigenvalue weighted by atomic mass is 9.86. The van der Waals surface area contributed by atoms with Crippen LogP contribution in [0.15, 0.2) is 28.7 Å². The van der Waals surface area contributed by atoms with Gasteiger partial charge < -0.3 is 10.5 Å². The Morgan fingerprint density at radius 1 is 1.50 bits per heavy atom. The first-order chi connectivity index (χ1) is 11.2. The SMILES string of the molecule is C#CC(C)(C)C(Oc1nc2c(Br)cccc2cc1I)(SC)C(N)=O. The van der Waals surface area contributed by atoms with Crippen molar-refractivity contribution in [1.82, 2.24) is 4.98 Å². The molecule has 2 rings (SSSR count). The van der Waals surface area contributed by atoms with Crippen LogP contribution in [0.25, 0.3) is 10.9 Å². The van der Waals surface area contributed by atoms with Gasteiger partial charge in [0.05, 0.1) is 14.5 Å². The van der Waals surface area contributed by atoms with E-state index in [1.54, 1.807) is 20.1 Å². The van der Waals surface area contributed by atoms with Gasteiger partial charge in [0.15, 0.2) is 0 Å². The molecular formula is C17H16BrIN2O2S. The molecule has 0 radical (unpaired) electrons. The maximum absolute atomic E-state index is 12.2. The molecule has 1 atom stereocenters. The van der Waals surface area contributed by atoms with Crippen molar-refractivity contribution < 1.29 is 9.53 Å². The van der Waals surface area contributed by atoms with E-state index in [2.05, 4.69) is 49.4 Å². The summed E-state index contributed by atoms with van der Waals surface area (Å²) in [7, 11) is 0. The number of amides is 1. The van der Waals surface area contributed by atoms with Crippen molar-refractivity contribution in [3.05, 3.63) is 32.3 Å². The predicted molar refractivity (Wildman–Crippen MR) is 111 cm³/mol. The summed E-state index contributed by atoms with van der Waals surface area (Å²) in [6.07, 6.45) is 7.37. The number of carbonyl (C=O) groups is 1. The van der Waals surface area contributed by atoms with Crippen molar-refractivity contribution in [1.29, 1.82) is 0 Å². The second-order valence-electron chi connectivity index (χ2n) is 5.64. The van der Waals surface area contributed by atoms with Crippen LogP contribution < -0.4 is 10.5 Å². The minimum absolute atomic E-state index is 0.325. The number of halogens is 2. The van der Waals surface area contributed by atoms with Gasteiger partial charge in [-0.15, -0.1) is 18.2 Å². The van der Waals surface area contributed by atoms with E-state index < -0.39 is 16.3 Å². The Morgan fingerprint density at radius 3 is 2.71 bits per heavy atom. The Morgan fingerprint density at radius 2 is 2.17 bits per heavy atom. The third-order valence-electron chi connectivity index (χ3n) is 3.75. The molecular weight excluding hydrogens is 503 g/mol. The van der Waals surface area contributed by atoms with Crippen molar-refractivity contribution >= 4 is 67.1 Å². The molecule has 0 aliphatic carbocycles. The Kier molecular flexibility index (Phi) is 5.72. The average Bonchev–Trinajstić information content (AvgIpc) is 2.53. The third kappa shape index (κ3) is 3.24. The number of hydrogen-bond donors (Lipinski definition) is 1. The number of aromatic nitrogens is 1. The van der Waals surface area contributed by atoms with E-state index in [1.165, 1.54) is 11.8 Å². The lowest BCUT2D eigenvalue weighted by Gasteiger charge is -2.39. The van der Waals surface area contributed by atoms with E-state index in [9.17, 15) is 4.79 Å². The topological polar surface area (TPSA) is 65.2 Å². The normalized spacial score (nSPS) is 14.0. The van der Waals surface area contributed by atoms with Gasteiger partial charge in [-0.25, -0.2) is 4.98 Å². The number of hydrogen-bond acceptors (Lipinski definition) is 4. The zero-order valence-corrected chi connectivity index (χ0v) is 18.0. The number of pyridine rings is 1. The zero-order chi connectivity index (χ0) is 18.1. The van der Waals surface area contributed by atoms with Gasteiger partial charge >= 0.3 is 0 Å². The minimum Gasteiger partial charge on any atom is -0.448 e. The lowest BCUT2D eigenvalue weighted by Crippen LogP contribution is -2.56. The molecule has 1 unspecified atom stereocenters. The number of fused-ring (bicyclic) bond motifs is 1. The number of thioether (sulfide) groups is 1. The number of nitrogens with two attached hydrogens (primary N) is 1. The Bertz CT molecular complexity index is 850. The van der Waals surface area contributed by atoms with Gasteiger partial charge in [0.1, 0.15) is 0 Å². The molecule has 2 N–H and O–H groups in total. The number of para-hydroxylation sites is 1. The maximum atomic E-state index is 12.2. The molecule has 7 heteroatoms. The molecule has 0 saturated heterocycles. The van der Waals surface area contributed by atoms with Crippen LogP contribution in [0.3, 0.4) is 0 Å². The molecule has 4 nitrogen and oxygen atoms in total. The van der Waals surface area contributed by atoms with E-state index in [4.69, 9.17) is 16.9 Å². The fourth-order valence-electron chi connectivity index (χ4n) is 2.31. The summed E-state index contributed by atoms with van der Waals surface area (Å²) in [6, 6.07) is 7.73. The summed E-state index contributed by atoms with van der Waals surface area (Å²) < 4.78 is 7.68. The lowest BCUT2D eigenvalue weighted by molar-refractivity contribution is -0.131. The third-order valence-corrected chi connectivity index (χ3v) is 6.54. The molecule has 2 aromatic rings. The van der Waals surface area contributed by atoms with E-state index in [0.717, 1.165) is 18.9 Å². The number of terminal acetylenes is 1. The maximum Gasteiger partial charge on any atom is 0.274 e. The molecule has 1 aromatic heterocycles. The number of nitrogens with zero attached hydrogens (tertiary/aromatic N) is 1. The van der Waals surface area contributed by atoms with Gasteiger partial charge in [0.2, 0.25) is 10.8 Å². The van der Waals surface area contributed by atoms with Crippen LogP contribution in [-0.2, 0) is 4.79 Å². The Labute approximate surface area is 167 Å². The highest BCUT2D eigenvalue weighted by Gasteiger charge is 2.52. The summed E-state index contributed by atoms with van der Waals surface area (Å²) >= 11 is 6.78. The fraction of sp³-hybridized carbons (Fsp3) is 0.294. The molecule has 126 valence electrons. The predicted octanol–water partition coefficient (Wildman–Crippen LogP) is 4.18. The van der Waals surface area contributed by atoms with Gasteiger partial charge in [0, 0.05) is 9.86 Å². The van der Waals surface area contributed by atoms with E-state index in [-0.39, 0.29) is 0 Å². The largest absolute Gasteiger partial charge is 0.448 e. The smallest absolute Gasteiger partial charge is 0.274 e. The number of primary amides is 1. The number of benzene rings is 1. The Balaban J connectivity index is 2.65. The van der Waals surface area contributed by atoms with Gasteiger partial charge in [-0.05, 0) is 70.8 Å². The van der Waals surface area contributed by atoms with E-state index in [0.29, 0.717) is 5.88 Å². The molecule has 0 bridgehead atoms. The Hall–Kier alpha value is -0.980. The number of carbonyl (C=O) groups excluding carboxylic acids is 1. The van der Waals surface area contributed by atoms with E-state index in [1.807, 2.05) is 24.3 Å². The second-order valence-corrected chi connectivity index (χ2v) is 8.64. The highest BCUT2D eigenvalue weighted by Crippen LogP contribution is 2.43. The van der Waals surface area contributed by atoms with Crippen LogP contribution in [0.1, 0.15) is 13.8 Å². The summed E-state index contributed by atoms with van der Waals surface area (Å²) in [5, 5.41) is 0.964. The van der Waals surface area contributed by atoms with Gasteiger partial charge in [-0.3, -0.25) is 4.79 Å².